The molecular weight excluding hydrogens is 352 g/mol. The summed E-state index contributed by atoms with van der Waals surface area (Å²) in [7, 11) is 1.58. The third-order valence-corrected chi connectivity index (χ3v) is 3.86. The predicted molar refractivity (Wildman–Crippen MR) is 114 cm³/mol. The smallest absolute Gasteiger partial charge is 0.307 e. The monoisotopic (exact) mass is 382 g/mol. The van der Waals surface area contributed by atoms with Gasteiger partial charge in [0.2, 0.25) is 0 Å². The number of ether oxygens (including phenoxy) is 2. The van der Waals surface area contributed by atoms with E-state index in [0.717, 1.165) is 5.57 Å². The zero-order chi connectivity index (χ0) is 20.9. The highest BCUT2D eigenvalue weighted by Gasteiger charge is 2.12. The minimum Gasteiger partial charge on any atom is -0.494 e. The van der Waals surface area contributed by atoms with Crippen molar-refractivity contribution >= 4 is 11.7 Å². The maximum Gasteiger partial charge on any atom is 0.307 e. The predicted octanol–water partition coefficient (Wildman–Crippen LogP) is 6.33. The average Bonchev–Trinajstić information content (AvgIpc) is 2.71. The van der Waals surface area contributed by atoms with E-state index in [0.29, 0.717) is 23.1 Å². The van der Waals surface area contributed by atoms with Crippen molar-refractivity contribution in [1.29, 1.82) is 0 Å². The molecule has 5 nitrogen and oxygen atoms in total. The van der Waals surface area contributed by atoms with Gasteiger partial charge in [-0.25, -0.2) is 0 Å². The summed E-state index contributed by atoms with van der Waals surface area (Å²) in [6, 6.07) is 6.94. The molecule has 0 amide bonds. The van der Waals surface area contributed by atoms with Crippen molar-refractivity contribution < 1.29 is 14.3 Å². The maximum absolute atomic E-state index is 11.4. The van der Waals surface area contributed by atoms with Gasteiger partial charge in [-0.2, -0.15) is 10.2 Å². The number of rotatable bonds is 6. The van der Waals surface area contributed by atoms with Gasteiger partial charge in [0, 0.05) is 6.92 Å². The number of hydrogen-bond donors (Lipinski definition) is 0. The van der Waals surface area contributed by atoms with E-state index in [-0.39, 0.29) is 5.97 Å². The first-order chi connectivity index (χ1) is 13.5. The molecule has 150 valence electrons. The largest absolute Gasteiger partial charge is 0.494 e. The molecule has 0 fully saturated rings. The Kier molecular flexibility index (Phi) is 10.3. The number of nitrogens with zero attached hydrogens (tertiary/aromatic N) is 2. The van der Waals surface area contributed by atoms with E-state index in [1.54, 1.807) is 13.2 Å². The molecule has 1 aromatic carbocycles. The first-order valence-electron chi connectivity index (χ1n) is 9.50. The van der Waals surface area contributed by atoms with Crippen LogP contribution in [0.25, 0.3) is 0 Å². The lowest BCUT2D eigenvalue weighted by Crippen LogP contribution is -2.10. The fraction of sp³-hybridized carbons (Fsp3) is 0.348. The molecule has 0 saturated carbocycles. The van der Waals surface area contributed by atoms with Crippen LogP contribution < -0.4 is 4.74 Å². The van der Waals surface area contributed by atoms with E-state index in [1.807, 2.05) is 69.3 Å². The van der Waals surface area contributed by atoms with Crippen molar-refractivity contribution in [2.24, 2.45) is 16.1 Å². The van der Waals surface area contributed by atoms with Gasteiger partial charge in [-0.15, -0.1) is 0 Å². The molecule has 0 bridgehead atoms. The van der Waals surface area contributed by atoms with Crippen molar-refractivity contribution in [3.05, 3.63) is 72.1 Å². The van der Waals surface area contributed by atoms with Crippen LogP contribution in [0.1, 0.15) is 34.6 Å². The van der Waals surface area contributed by atoms with E-state index < -0.39 is 6.04 Å². The third-order valence-electron chi connectivity index (χ3n) is 3.86. The minimum absolute atomic E-state index is 0.306. The highest BCUT2D eigenvalue weighted by Crippen LogP contribution is 2.27. The van der Waals surface area contributed by atoms with Crippen molar-refractivity contribution in [1.82, 2.24) is 0 Å². The Balaban J connectivity index is 0.00000190. The van der Waals surface area contributed by atoms with Gasteiger partial charge in [0.15, 0.2) is 0 Å². The molecule has 0 aliphatic heterocycles. The molecule has 0 N–H and O–H groups in total. The number of esters is 1. The number of methoxy groups -OCH3 is 1. The number of hydrogen-bond acceptors (Lipinski definition) is 5. The second kappa shape index (κ2) is 12.4. The van der Waals surface area contributed by atoms with Crippen LogP contribution in [-0.2, 0) is 9.53 Å². The minimum atomic E-state index is -0.418. The standard InChI is InChI=1S/C21H24N2O3.C2H6/c1-15-9-5-6-10-18(15)13-14-20(26-17(3)24)16(2)22-23-19-11-7-8-12-21(19)25-4;1-2/h5-16H,1-4H3;1-2H3/b18-13-,20-14+,23-22?;. The average molecular weight is 383 g/mol. The van der Waals surface area contributed by atoms with Crippen LogP contribution in [0.5, 0.6) is 5.75 Å². The van der Waals surface area contributed by atoms with Crippen LogP contribution in [-0.4, -0.2) is 19.1 Å². The Hall–Kier alpha value is -2.95. The Morgan fingerprint density at radius 2 is 1.93 bits per heavy atom. The summed E-state index contributed by atoms with van der Waals surface area (Å²) in [6.45, 7) is 9.30. The highest BCUT2D eigenvalue weighted by molar-refractivity contribution is 5.67. The van der Waals surface area contributed by atoms with Crippen LogP contribution in [0, 0.1) is 5.92 Å². The molecule has 1 aromatic rings. The summed E-state index contributed by atoms with van der Waals surface area (Å²) < 4.78 is 10.6. The Bertz CT molecular complexity index is 789. The number of carbonyl (C=O) groups is 1. The molecule has 0 saturated heterocycles. The van der Waals surface area contributed by atoms with Crippen molar-refractivity contribution in [3.8, 4) is 5.75 Å². The molecule has 0 radical (unpaired) electrons. The highest BCUT2D eigenvalue weighted by atomic mass is 16.5. The molecule has 5 heteroatoms. The van der Waals surface area contributed by atoms with Gasteiger partial charge >= 0.3 is 5.97 Å². The SMILES string of the molecule is CC.COc1ccccc1N=NC(C)/C(=C\C=C1\C=CC=CC1C)OC(C)=O. The van der Waals surface area contributed by atoms with Crippen LogP contribution in [0.15, 0.2) is 82.3 Å². The second-order valence-corrected chi connectivity index (χ2v) is 5.93. The lowest BCUT2D eigenvalue weighted by molar-refractivity contribution is -0.137. The summed E-state index contributed by atoms with van der Waals surface area (Å²) in [5.74, 6) is 0.997. The van der Waals surface area contributed by atoms with Crippen molar-refractivity contribution in [2.45, 2.75) is 40.7 Å². The van der Waals surface area contributed by atoms with Gasteiger partial charge < -0.3 is 9.47 Å². The molecule has 1 aliphatic rings. The Morgan fingerprint density at radius 3 is 2.57 bits per heavy atom. The van der Waals surface area contributed by atoms with Gasteiger partial charge in [-0.05, 0) is 36.6 Å². The first-order valence-corrected chi connectivity index (χ1v) is 9.50. The fourth-order valence-corrected chi connectivity index (χ4v) is 2.39. The molecule has 2 atom stereocenters. The molecular formula is C23H30N2O3. The van der Waals surface area contributed by atoms with Gasteiger partial charge in [0.1, 0.15) is 23.2 Å². The van der Waals surface area contributed by atoms with Gasteiger partial charge in [-0.1, -0.05) is 63.3 Å². The van der Waals surface area contributed by atoms with E-state index in [2.05, 4.69) is 23.2 Å². The van der Waals surface area contributed by atoms with Crippen molar-refractivity contribution in [2.75, 3.05) is 7.11 Å². The summed E-state index contributed by atoms with van der Waals surface area (Å²) in [5, 5.41) is 8.51. The lowest BCUT2D eigenvalue weighted by atomic mass is 9.96. The zero-order valence-corrected chi connectivity index (χ0v) is 17.5. The number of carbonyl (C=O) groups excluding carboxylic acids is 1. The Morgan fingerprint density at radius 1 is 1.21 bits per heavy atom. The number of azo groups is 1. The normalized spacial score (nSPS) is 18.6. The second-order valence-electron chi connectivity index (χ2n) is 5.93. The third kappa shape index (κ3) is 7.35. The summed E-state index contributed by atoms with van der Waals surface area (Å²) in [4.78, 5) is 11.4. The fourth-order valence-electron chi connectivity index (χ4n) is 2.39. The number of benzene rings is 1. The van der Waals surface area contributed by atoms with Crippen LogP contribution in [0.4, 0.5) is 5.69 Å². The van der Waals surface area contributed by atoms with Gasteiger partial charge in [-0.3, -0.25) is 4.79 Å². The van der Waals surface area contributed by atoms with E-state index in [9.17, 15) is 4.79 Å². The topological polar surface area (TPSA) is 60.3 Å². The molecule has 0 heterocycles. The van der Waals surface area contributed by atoms with Crippen LogP contribution in [0.3, 0.4) is 0 Å². The lowest BCUT2D eigenvalue weighted by Gasteiger charge is -2.12. The maximum atomic E-state index is 11.4. The molecule has 0 spiro atoms. The van der Waals surface area contributed by atoms with E-state index >= 15 is 0 Å². The molecule has 2 rings (SSSR count). The van der Waals surface area contributed by atoms with E-state index in [1.165, 1.54) is 6.92 Å². The molecule has 2 unspecified atom stereocenters. The van der Waals surface area contributed by atoms with Crippen LogP contribution >= 0.6 is 0 Å². The Labute approximate surface area is 168 Å². The van der Waals surface area contributed by atoms with Gasteiger partial charge in [0.25, 0.3) is 0 Å². The number of allylic oxidation sites excluding steroid dienone is 7. The summed E-state index contributed by atoms with van der Waals surface area (Å²) in [5.41, 5.74) is 1.75. The molecule has 0 aromatic heterocycles. The van der Waals surface area contributed by atoms with E-state index in [4.69, 9.17) is 9.47 Å². The quantitative estimate of drug-likeness (QED) is 0.328. The van der Waals surface area contributed by atoms with Crippen molar-refractivity contribution in [3.63, 3.8) is 0 Å². The number of para-hydroxylation sites is 1. The van der Waals surface area contributed by atoms with Gasteiger partial charge in [0.05, 0.1) is 7.11 Å². The summed E-state index contributed by atoms with van der Waals surface area (Å²) in [6.07, 6.45) is 11.9. The summed E-state index contributed by atoms with van der Waals surface area (Å²) >= 11 is 0. The molecule has 1 aliphatic carbocycles. The van der Waals surface area contributed by atoms with Crippen LogP contribution in [0.2, 0.25) is 0 Å². The molecule has 28 heavy (non-hydrogen) atoms. The zero-order valence-electron chi connectivity index (χ0n) is 17.5. The first kappa shape index (κ1) is 23.1.